The molecule has 1 aliphatic carbocycles. The van der Waals surface area contributed by atoms with Gasteiger partial charge in [-0.3, -0.25) is 0 Å². The van der Waals surface area contributed by atoms with E-state index in [1.807, 2.05) is 0 Å². The summed E-state index contributed by atoms with van der Waals surface area (Å²) in [7, 11) is 0. The molecule has 0 saturated heterocycles. The number of hydrogen-bond acceptors (Lipinski definition) is 5. The maximum atomic E-state index is 6.47. The van der Waals surface area contributed by atoms with Crippen LogP contribution < -0.4 is 5.73 Å². The summed E-state index contributed by atoms with van der Waals surface area (Å²) in [5.74, 6) is 0.968. The van der Waals surface area contributed by atoms with Crippen molar-refractivity contribution in [1.82, 2.24) is 10.1 Å². The molecule has 0 amide bonds. The van der Waals surface area contributed by atoms with Crippen molar-refractivity contribution in [3.8, 4) is 11.5 Å². The molecule has 20 heavy (non-hydrogen) atoms. The Labute approximate surface area is 131 Å². The highest BCUT2D eigenvalue weighted by molar-refractivity contribution is 7.20. The fourth-order valence-electron chi connectivity index (χ4n) is 2.60. The lowest BCUT2D eigenvalue weighted by Crippen LogP contribution is -2.37. The number of halogens is 2. The average Bonchev–Trinajstić information content (AvgIpc) is 2.94. The van der Waals surface area contributed by atoms with Gasteiger partial charge in [0.15, 0.2) is 5.82 Å². The van der Waals surface area contributed by atoms with Crippen LogP contribution >= 0.6 is 34.5 Å². The first-order valence-corrected chi connectivity index (χ1v) is 8.24. The topological polar surface area (TPSA) is 64.9 Å². The Kier molecular flexibility index (Phi) is 4.04. The van der Waals surface area contributed by atoms with Gasteiger partial charge in [-0.25, -0.2) is 0 Å². The number of hydrogen-bond donors (Lipinski definition) is 1. The summed E-state index contributed by atoms with van der Waals surface area (Å²) in [6, 6.07) is 1.74. The molecule has 2 aromatic heterocycles. The van der Waals surface area contributed by atoms with Crippen LogP contribution in [0, 0.1) is 0 Å². The first kappa shape index (κ1) is 14.3. The Morgan fingerprint density at radius 2 is 1.90 bits per heavy atom. The predicted octanol–water partition coefficient (Wildman–Crippen LogP) is 4.61. The van der Waals surface area contributed by atoms with Crippen molar-refractivity contribution in [3.05, 3.63) is 20.6 Å². The monoisotopic (exact) mass is 331 g/mol. The third-order valence-electron chi connectivity index (χ3n) is 3.75. The van der Waals surface area contributed by atoms with Crippen molar-refractivity contribution < 1.29 is 4.52 Å². The summed E-state index contributed by atoms with van der Waals surface area (Å²) in [5.41, 5.74) is 6.67. The number of thiophene rings is 1. The van der Waals surface area contributed by atoms with E-state index in [-0.39, 0.29) is 0 Å². The Bertz CT molecular complexity index is 603. The fraction of sp³-hybridized carbons (Fsp3) is 0.538. The molecule has 108 valence electrons. The first-order chi connectivity index (χ1) is 9.58. The normalized spacial score (nSPS) is 18.9. The summed E-state index contributed by atoms with van der Waals surface area (Å²) in [6.07, 6.45) is 6.43. The second-order valence-electron chi connectivity index (χ2n) is 5.23. The average molecular weight is 332 g/mol. The van der Waals surface area contributed by atoms with E-state index in [9.17, 15) is 0 Å². The van der Waals surface area contributed by atoms with Gasteiger partial charge in [0.1, 0.15) is 4.34 Å². The Morgan fingerprint density at radius 1 is 1.20 bits per heavy atom. The van der Waals surface area contributed by atoms with E-state index >= 15 is 0 Å². The Balaban J connectivity index is 1.91. The largest absolute Gasteiger partial charge is 0.334 e. The molecule has 1 fully saturated rings. The molecule has 0 aromatic carbocycles. The van der Waals surface area contributed by atoms with E-state index in [4.69, 9.17) is 33.5 Å². The van der Waals surface area contributed by atoms with Gasteiger partial charge in [0.25, 0.3) is 5.89 Å². The SMILES string of the molecule is NC1(c2noc(-c3cc(Cl)sc3Cl)n2)CCCCCC1. The van der Waals surface area contributed by atoms with Crippen molar-refractivity contribution in [2.24, 2.45) is 5.73 Å². The summed E-state index contributed by atoms with van der Waals surface area (Å²) >= 11 is 13.3. The van der Waals surface area contributed by atoms with Gasteiger partial charge in [0, 0.05) is 0 Å². The molecule has 1 saturated carbocycles. The van der Waals surface area contributed by atoms with Crippen LogP contribution in [-0.4, -0.2) is 10.1 Å². The highest BCUT2D eigenvalue weighted by Gasteiger charge is 2.33. The molecule has 7 heteroatoms. The van der Waals surface area contributed by atoms with Crippen molar-refractivity contribution in [1.29, 1.82) is 0 Å². The molecular weight excluding hydrogens is 317 g/mol. The lowest BCUT2D eigenvalue weighted by Gasteiger charge is -2.23. The van der Waals surface area contributed by atoms with Crippen LogP contribution in [0.2, 0.25) is 8.67 Å². The van der Waals surface area contributed by atoms with Crippen molar-refractivity contribution in [2.75, 3.05) is 0 Å². The summed E-state index contributed by atoms with van der Waals surface area (Å²) in [6.45, 7) is 0. The third kappa shape index (κ3) is 2.72. The van der Waals surface area contributed by atoms with E-state index in [0.717, 1.165) is 25.7 Å². The Hall–Kier alpha value is -0.620. The van der Waals surface area contributed by atoms with Crippen LogP contribution in [0.15, 0.2) is 10.6 Å². The van der Waals surface area contributed by atoms with Crippen molar-refractivity contribution in [2.45, 2.75) is 44.1 Å². The van der Waals surface area contributed by atoms with E-state index in [1.165, 1.54) is 24.2 Å². The highest BCUT2D eigenvalue weighted by Crippen LogP contribution is 2.39. The minimum atomic E-state index is -0.482. The molecule has 0 aliphatic heterocycles. The third-order valence-corrected chi connectivity index (χ3v) is 5.24. The standard InChI is InChI=1S/C13H15Cl2N3OS/c14-9-7-8(10(15)20-9)11-17-12(18-19-11)13(16)5-3-1-2-4-6-13/h7H,1-6,16H2. The van der Waals surface area contributed by atoms with E-state index < -0.39 is 5.54 Å². The lowest BCUT2D eigenvalue weighted by atomic mass is 9.91. The van der Waals surface area contributed by atoms with Crippen molar-refractivity contribution in [3.63, 3.8) is 0 Å². The van der Waals surface area contributed by atoms with Gasteiger partial charge in [-0.15, -0.1) is 11.3 Å². The number of rotatable bonds is 2. The molecule has 2 N–H and O–H groups in total. The molecule has 2 aromatic rings. The fourth-order valence-corrected chi connectivity index (χ4v) is 4.05. The molecule has 1 aliphatic rings. The molecule has 3 rings (SSSR count). The lowest BCUT2D eigenvalue weighted by molar-refractivity contribution is 0.334. The molecule has 0 spiro atoms. The molecule has 0 radical (unpaired) electrons. The van der Waals surface area contributed by atoms with E-state index in [2.05, 4.69) is 10.1 Å². The summed E-state index contributed by atoms with van der Waals surface area (Å²) in [5, 5.41) is 4.07. The maximum absolute atomic E-state index is 6.47. The Morgan fingerprint density at radius 3 is 2.50 bits per heavy atom. The minimum absolute atomic E-state index is 0.391. The van der Waals surface area contributed by atoms with Gasteiger partial charge in [0.2, 0.25) is 0 Å². The molecule has 0 unspecified atom stereocenters. The highest BCUT2D eigenvalue weighted by atomic mass is 35.5. The second-order valence-corrected chi connectivity index (χ2v) is 7.52. The van der Waals surface area contributed by atoms with Gasteiger partial charge < -0.3 is 10.3 Å². The van der Waals surface area contributed by atoms with E-state index in [1.54, 1.807) is 6.07 Å². The molecule has 0 bridgehead atoms. The zero-order chi connectivity index (χ0) is 14.2. The minimum Gasteiger partial charge on any atom is -0.334 e. The first-order valence-electron chi connectivity index (χ1n) is 6.67. The molecular formula is C13H15Cl2N3OS. The molecule has 2 heterocycles. The van der Waals surface area contributed by atoms with Gasteiger partial charge in [-0.2, -0.15) is 4.98 Å². The van der Waals surface area contributed by atoms with E-state index in [0.29, 0.717) is 26.0 Å². The van der Waals surface area contributed by atoms with Crippen LogP contribution in [0.4, 0.5) is 0 Å². The van der Waals surface area contributed by atoms with Gasteiger partial charge in [-0.05, 0) is 18.9 Å². The van der Waals surface area contributed by atoms with Crippen LogP contribution in [0.3, 0.4) is 0 Å². The van der Waals surface area contributed by atoms with Crippen LogP contribution in [0.25, 0.3) is 11.5 Å². The second kappa shape index (κ2) is 5.64. The number of nitrogens with zero attached hydrogens (tertiary/aromatic N) is 2. The molecule has 0 atom stereocenters. The van der Waals surface area contributed by atoms with Gasteiger partial charge >= 0.3 is 0 Å². The van der Waals surface area contributed by atoms with Crippen LogP contribution in [0.5, 0.6) is 0 Å². The summed E-state index contributed by atoms with van der Waals surface area (Å²) in [4.78, 5) is 4.45. The summed E-state index contributed by atoms with van der Waals surface area (Å²) < 4.78 is 6.48. The van der Waals surface area contributed by atoms with Crippen LogP contribution in [-0.2, 0) is 5.54 Å². The quantitative estimate of drug-likeness (QED) is 0.816. The van der Waals surface area contributed by atoms with Gasteiger partial charge in [0.05, 0.1) is 15.4 Å². The van der Waals surface area contributed by atoms with Gasteiger partial charge in [-0.1, -0.05) is 54.0 Å². The van der Waals surface area contributed by atoms with Crippen LogP contribution in [0.1, 0.15) is 44.3 Å². The zero-order valence-corrected chi connectivity index (χ0v) is 13.2. The smallest absolute Gasteiger partial charge is 0.260 e. The number of nitrogens with two attached hydrogens (primary N) is 1. The maximum Gasteiger partial charge on any atom is 0.260 e. The predicted molar refractivity (Wildman–Crippen MR) is 81.2 cm³/mol. The zero-order valence-electron chi connectivity index (χ0n) is 10.9. The number of aromatic nitrogens is 2. The van der Waals surface area contributed by atoms with Crippen molar-refractivity contribution >= 4 is 34.5 Å². The molecule has 4 nitrogen and oxygen atoms in total.